The number of unbranched alkanes of at least 4 members (excludes halogenated alkanes) is 1. The summed E-state index contributed by atoms with van der Waals surface area (Å²) in [6, 6.07) is 19.2. The Morgan fingerprint density at radius 2 is 1.70 bits per heavy atom. The van der Waals surface area contributed by atoms with E-state index in [2.05, 4.69) is 82.6 Å². The third kappa shape index (κ3) is 6.79. The van der Waals surface area contributed by atoms with Gasteiger partial charge in [0.15, 0.2) is 0 Å². The van der Waals surface area contributed by atoms with Gasteiger partial charge in [0, 0.05) is 71.8 Å². The van der Waals surface area contributed by atoms with Crippen LogP contribution in [0.5, 0.6) is 0 Å². The van der Waals surface area contributed by atoms with Crippen LogP contribution in [0.25, 0.3) is 15.7 Å². The van der Waals surface area contributed by atoms with Gasteiger partial charge in [-0.3, -0.25) is 0 Å². The number of benzene rings is 2. The van der Waals surface area contributed by atoms with Crippen LogP contribution >= 0.6 is 23.7 Å². The van der Waals surface area contributed by atoms with Crippen LogP contribution in [0.2, 0.25) is 0 Å². The molecule has 0 bridgehead atoms. The second-order valence-corrected chi connectivity index (χ2v) is 9.79. The fraction of sp³-hybridized carbons (Fsp3) is 0.429. The maximum atomic E-state index is 12.2. The van der Waals surface area contributed by atoms with Crippen LogP contribution in [0, 0.1) is 5.92 Å². The molecule has 1 atom stereocenters. The number of rotatable bonds is 10. The van der Waals surface area contributed by atoms with E-state index in [0.717, 1.165) is 76.1 Å². The molecular weight excluding hydrogens is 448 g/mol. The standard InChI is InChI=1S/C28H34N2OS.ClH/c1-2-3-11-24(26(21-31)27-22-32-28-13-8-7-12-25(27)28)20-30-18-16-29(17-19-30)15-14-23-9-5-4-6-10-23;/h4-10,12-13,22,24H,2-3,11,14-20H2,1H3;1H. The molecule has 0 aliphatic carbocycles. The third-order valence-corrected chi connectivity index (χ3v) is 7.66. The Labute approximate surface area is 208 Å². The molecule has 3 nitrogen and oxygen atoms in total. The first-order valence-corrected chi connectivity index (χ1v) is 12.9. The minimum absolute atomic E-state index is 0. The molecule has 176 valence electrons. The molecule has 5 heteroatoms. The molecule has 1 aromatic heterocycles. The lowest BCUT2D eigenvalue weighted by Gasteiger charge is -2.36. The van der Waals surface area contributed by atoms with E-state index in [1.54, 1.807) is 11.3 Å². The van der Waals surface area contributed by atoms with Crippen LogP contribution in [0.3, 0.4) is 0 Å². The summed E-state index contributed by atoms with van der Waals surface area (Å²) in [5.41, 5.74) is 3.39. The fourth-order valence-corrected chi connectivity index (χ4v) is 5.72. The Balaban J connectivity index is 0.00000306. The van der Waals surface area contributed by atoms with E-state index in [1.165, 1.54) is 15.6 Å². The molecule has 1 saturated heterocycles. The smallest absolute Gasteiger partial charge is 0.128 e. The summed E-state index contributed by atoms with van der Waals surface area (Å²) >= 11 is 1.73. The molecule has 0 saturated carbocycles. The van der Waals surface area contributed by atoms with Gasteiger partial charge in [-0.1, -0.05) is 68.3 Å². The Morgan fingerprint density at radius 1 is 1.00 bits per heavy atom. The van der Waals surface area contributed by atoms with Crippen LogP contribution in [0.1, 0.15) is 37.3 Å². The van der Waals surface area contributed by atoms with Crippen LogP contribution in [-0.4, -0.2) is 55.0 Å². The summed E-state index contributed by atoms with van der Waals surface area (Å²) < 4.78 is 1.25. The summed E-state index contributed by atoms with van der Waals surface area (Å²) in [6.45, 7) is 8.68. The van der Waals surface area contributed by atoms with Crippen molar-refractivity contribution in [2.75, 3.05) is 39.3 Å². The summed E-state index contributed by atoms with van der Waals surface area (Å²) in [5.74, 6) is 2.63. The largest absolute Gasteiger partial charge is 0.300 e. The zero-order chi connectivity index (χ0) is 22.2. The van der Waals surface area contributed by atoms with Gasteiger partial charge in [-0.25, -0.2) is 4.79 Å². The average Bonchev–Trinajstić information content (AvgIpc) is 3.27. The third-order valence-electron chi connectivity index (χ3n) is 6.70. The summed E-state index contributed by atoms with van der Waals surface area (Å²) in [6.07, 6.45) is 4.47. The molecule has 0 amide bonds. The van der Waals surface area contributed by atoms with E-state index >= 15 is 0 Å². The van der Waals surface area contributed by atoms with E-state index in [9.17, 15) is 4.79 Å². The first kappa shape index (κ1) is 25.7. The highest BCUT2D eigenvalue weighted by Gasteiger charge is 2.25. The number of fused-ring (bicyclic) bond motifs is 1. The van der Waals surface area contributed by atoms with Crippen molar-refractivity contribution in [3.8, 4) is 0 Å². The van der Waals surface area contributed by atoms with Crippen molar-refractivity contribution in [1.82, 2.24) is 9.80 Å². The number of hydrogen-bond donors (Lipinski definition) is 0. The normalized spacial score (nSPS) is 15.7. The Kier molecular flexibility index (Phi) is 10.2. The fourth-order valence-electron chi connectivity index (χ4n) is 4.76. The lowest BCUT2D eigenvalue weighted by atomic mass is 9.88. The van der Waals surface area contributed by atoms with E-state index in [4.69, 9.17) is 0 Å². The molecule has 1 aliphatic heterocycles. The first-order valence-electron chi connectivity index (χ1n) is 12.0. The van der Waals surface area contributed by atoms with Gasteiger partial charge in [-0.05, 0) is 24.5 Å². The molecule has 0 spiro atoms. The summed E-state index contributed by atoms with van der Waals surface area (Å²) in [7, 11) is 0. The minimum atomic E-state index is 0. The molecular formula is C28H35ClN2OS. The number of piperazine rings is 1. The van der Waals surface area contributed by atoms with Crippen molar-refractivity contribution in [2.24, 2.45) is 5.92 Å². The van der Waals surface area contributed by atoms with Crippen LogP contribution in [-0.2, 0) is 11.2 Å². The number of carbonyl (C=O) groups excluding carboxylic acids is 1. The van der Waals surface area contributed by atoms with E-state index in [1.807, 2.05) is 0 Å². The van der Waals surface area contributed by atoms with Gasteiger partial charge in [-0.15, -0.1) is 23.7 Å². The minimum Gasteiger partial charge on any atom is -0.300 e. The van der Waals surface area contributed by atoms with Gasteiger partial charge in [0.05, 0.1) is 0 Å². The van der Waals surface area contributed by atoms with Crippen molar-refractivity contribution in [2.45, 2.75) is 32.6 Å². The molecule has 2 aromatic carbocycles. The predicted molar refractivity (Wildman–Crippen MR) is 144 cm³/mol. The molecule has 1 unspecified atom stereocenters. The van der Waals surface area contributed by atoms with Crippen molar-refractivity contribution >= 4 is 45.3 Å². The lowest BCUT2D eigenvalue weighted by Crippen LogP contribution is -2.48. The Morgan fingerprint density at radius 3 is 2.42 bits per heavy atom. The second-order valence-electron chi connectivity index (χ2n) is 8.88. The monoisotopic (exact) mass is 482 g/mol. The van der Waals surface area contributed by atoms with E-state index in [-0.39, 0.29) is 18.3 Å². The molecule has 1 fully saturated rings. The van der Waals surface area contributed by atoms with E-state index < -0.39 is 0 Å². The molecule has 4 rings (SSSR count). The quantitative estimate of drug-likeness (QED) is 0.321. The highest BCUT2D eigenvalue weighted by Crippen LogP contribution is 2.35. The predicted octanol–water partition coefficient (Wildman–Crippen LogP) is 6.20. The Hall–Kier alpha value is -1.94. The topological polar surface area (TPSA) is 23.6 Å². The van der Waals surface area contributed by atoms with Crippen molar-refractivity contribution < 1.29 is 4.79 Å². The van der Waals surface area contributed by atoms with Gasteiger partial charge >= 0.3 is 0 Å². The van der Waals surface area contributed by atoms with Gasteiger partial charge in [0.25, 0.3) is 0 Å². The SMILES string of the molecule is CCCCC(CN1CCN(CCc2ccccc2)CC1)C(=C=O)c1csc2ccccc12.Cl. The zero-order valence-corrected chi connectivity index (χ0v) is 21.2. The van der Waals surface area contributed by atoms with Gasteiger partial charge in [0.2, 0.25) is 0 Å². The van der Waals surface area contributed by atoms with E-state index in [0.29, 0.717) is 0 Å². The van der Waals surface area contributed by atoms with Crippen LogP contribution in [0.15, 0.2) is 60.0 Å². The number of thiophene rings is 1. The van der Waals surface area contributed by atoms with Crippen molar-refractivity contribution in [1.29, 1.82) is 0 Å². The average molecular weight is 483 g/mol. The molecule has 2 heterocycles. The number of hydrogen-bond acceptors (Lipinski definition) is 4. The molecule has 0 N–H and O–H groups in total. The maximum absolute atomic E-state index is 12.2. The summed E-state index contributed by atoms with van der Waals surface area (Å²) in [4.78, 5) is 17.3. The molecule has 33 heavy (non-hydrogen) atoms. The zero-order valence-electron chi connectivity index (χ0n) is 19.5. The number of nitrogens with zero attached hydrogens (tertiary/aromatic N) is 2. The highest BCUT2D eigenvalue weighted by atomic mass is 35.5. The van der Waals surface area contributed by atoms with Crippen LogP contribution in [0.4, 0.5) is 0 Å². The van der Waals surface area contributed by atoms with Crippen molar-refractivity contribution in [3.63, 3.8) is 0 Å². The number of halogens is 1. The highest BCUT2D eigenvalue weighted by molar-refractivity contribution is 7.17. The van der Waals surface area contributed by atoms with Crippen molar-refractivity contribution in [3.05, 3.63) is 71.1 Å². The summed E-state index contributed by atoms with van der Waals surface area (Å²) in [5, 5.41) is 3.36. The maximum Gasteiger partial charge on any atom is 0.128 e. The second kappa shape index (κ2) is 13.1. The molecule has 1 aliphatic rings. The first-order chi connectivity index (χ1) is 15.8. The Bertz CT molecular complexity index is 1040. The van der Waals surface area contributed by atoms with Crippen LogP contribution < -0.4 is 0 Å². The van der Waals surface area contributed by atoms with Gasteiger partial charge in [-0.2, -0.15) is 0 Å². The van der Waals surface area contributed by atoms with Gasteiger partial charge in [0.1, 0.15) is 5.94 Å². The molecule has 3 aromatic rings. The van der Waals surface area contributed by atoms with Gasteiger partial charge < -0.3 is 9.80 Å². The lowest BCUT2D eigenvalue weighted by molar-refractivity contribution is 0.124. The molecule has 0 radical (unpaired) electrons.